The highest BCUT2D eigenvalue weighted by atomic mass is 16.2. The predicted octanol–water partition coefficient (Wildman–Crippen LogP) is 0.171. The highest BCUT2D eigenvalue weighted by Crippen LogP contribution is 2.00. The van der Waals surface area contributed by atoms with Crippen LogP contribution in [0.2, 0.25) is 0 Å². The van der Waals surface area contributed by atoms with Crippen molar-refractivity contribution in [2.45, 2.75) is 6.42 Å². The number of amidine groups is 1. The van der Waals surface area contributed by atoms with Crippen LogP contribution in [0.5, 0.6) is 0 Å². The second-order valence-corrected chi connectivity index (χ2v) is 1.91. The third kappa shape index (κ3) is 1.19. The average Bonchev–Trinajstić information content (AvgIpc) is 1.80. The monoisotopic (exact) mass is 126 g/mol. The molecule has 0 atom stereocenters. The summed E-state index contributed by atoms with van der Waals surface area (Å²) >= 11 is 0. The molecule has 2 amide bonds. The number of rotatable bonds is 0. The molecule has 0 saturated carbocycles. The summed E-state index contributed by atoms with van der Waals surface area (Å²) in [6.45, 7) is 1.67. The molecule has 0 aromatic rings. The molecule has 1 aliphatic rings. The molecule has 1 radical (unpaired) electrons. The minimum absolute atomic E-state index is 0.230. The van der Waals surface area contributed by atoms with Gasteiger partial charge in [0.2, 0.25) is 0 Å². The molecule has 4 heteroatoms. The fraction of sp³-hybridized carbons (Fsp3) is 0.400. The predicted molar refractivity (Wildman–Crippen MR) is 32.9 cm³/mol. The van der Waals surface area contributed by atoms with Gasteiger partial charge in [0.05, 0.1) is 6.54 Å². The van der Waals surface area contributed by atoms with E-state index in [0.29, 0.717) is 6.42 Å². The number of urea groups is 1. The van der Waals surface area contributed by atoms with Crippen molar-refractivity contribution in [1.82, 2.24) is 10.2 Å². The van der Waals surface area contributed by atoms with Gasteiger partial charge in [0.1, 0.15) is 5.84 Å². The first-order chi connectivity index (χ1) is 4.20. The van der Waals surface area contributed by atoms with Crippen molar-refractivity contribution < 1.29 is 4.79 Å². The number of amides is 2. The van der Waals surface area contributed by atoms with Gasteiger partial charge in [0, 0.05) is 13.5 Å². The van der Waals surface area contributed by atoms with Crippen molar-refractivity contribution in [3.63, 3.8) is 0 Å². The van der Waals surface area contributed by atoms with Crippen LogP contribution in [0.1, 0.15) is 6.42 Å². The van der Waals surface area contributed by atoms with E-state index < -0.39 is 0 Å². The minimum Gasteiger partial charge on any atom is -0.322 e. The Kier molecular flexibility index (Phi) is 1.38. The summed E-state index contributed by atoms with van der Waals surface area (Å²) in [4.78, 5) is 12.1. The molecule has 2 N–H and O–H groups in total. The maximum atomic E-state index is 10.6. The molecular weight excluding hydrogens is 118 g/mol. The van der Waals surface area contributed by atoms with Gasteiger partial charge in [-0.05, 0) is 0 Å². The quantitative estimate of drug-likeness (QED) is 0.477. The molecule has 0 aromatic heterocycles. The molecule has 0 spiro atoms. The minimum atomic E-state index is -0.230. The molecule has 0 unspecified atom stereocenters. The van der Waals surface area contributed by atoms with E-state index in [1.807, 2.05) is 0 Å². The second kappa shape index (κ2) is 2.05. The Hall–Kier alpha value is -1.06. The van der Waals surface area contributed by atoms with Gasteiger partial charge in [-0.2, -0.15) is 0 Å². The van der Waals surface area contributed by atoms with Crippen LogP contribution in [-0.2, 0) is 0 Å². The molecule has 4 nitrogen and oxygen atoms in total. The van der Waals surface area contributed by atoms with Gasteiger partial charge in [-0.1, -0.05) is 0 Å². The number of hydrogen-bond donors (Lipinski definition) is 2. The van der Waals surface area contributed by atoms with Gasteiger partial charge < -0.3 is 4.90 Å². The third-order valence-corrected chi connectivity index (χ3v) is 1.15. The Bertz CT molecular complexity index is 154. The van der Waals surface area contributed by atoms with Crippen molar-refractivity contribution in [2.24, 2.45) is 0 Å². The zero-order valence-corrected chi connectivity index (χ0v) is 5.14. The molecule has 0 aromatic carbocycles. The van der Waals surface area contributed by atoms with Crippen LogP contribution in [0.3, 0.4) is 0 Å². The Balaban J connectivity index is 2.54. The summed E-state index contributed by atoms with van der Waals surface area (Å²) in [5.74, 6) is 0.262. The summed E-state index contributed by atoms with van der Waals surface area (Å²) in [6, 6.07) is -0.230. The van der Waals surface area contributed by atoms with E-state index in [1.54, 1.807) is 13.6 Å². The van der Waals surface area contributed by atoms with E-state index in [9.17, 15) is 4.79 Å². The lowest BCUT2D eigenvalue weighted by Crippen LogP contribution is -2.44. The number of carbonyl (C=O) groups is 1. The van der Waals surface area contributed by atoms with E-state index in [4.69, 9.17) is 5.41 Å². The fourth-order valence-corrected chi connectivity index (χ4v) is 0.579. The summed E-state index contributed by atoms with van der Waals surface area (Å²) in [5.41, 5.74) is 0. The topological polar surface area (TPSA) is 56.2 Å². The summed E-state index contributed by atoms with van der Waals surface area (Å²) in [5, 5.41) is 9.39. The summed E-state index contributed by atoms with van der Waals surface area (Å²) in [7, 11) is 1.65. The number of nitrogens with zero attached hydrogens (tertiary/aromatic N) is 1. The van der Waals surface area contributed by atoms with Crippen LogP contribution >= 0.6 is 0 Å². The van der Waals surface area contributed by atoms with Crippen LogP contribution in [0.15, 0.2) is 0 Å². The average molecular weight is 126 g/mol. The summed E-state index contributed by atoms with van der Waals surface area (Å²) in [6.07, 6.45) is 0.516. The van der Waals surface area contributed by atoms with Crippen molar-refractivity contribution >= 4 is 11.9 Å². The van der Waals surface area contributed by atoms with Gasteiger partial charge in [-0.25, -0.2) is 4.79 Å². The first-order valence-corrected chi connectivity index (χ1v) is 2.64. The van der Waals surface area contributed by atoms with Gasteiger partial charge in [-0.3, -0.25) is 10.7 Å². The molecule has 0 bridgehead atoms. The molecule has 1 rings (SSSR count). The van der Waals surface area contributed by atoms with Crippen LogP contribution in [0, 0.1) is 12.0 Å². The van der Waals surface area contributed by atoms with Crippen molar-refractivity contribution in [3.8, 4) is 0 Å². The zero-order valence-electron chi connectivity index (χ0n) is 5.14. The van der Waals surface area contributed by atoms with Crippen molar-refractivity contribution in [1.29, 1.82) is 5.41 Å². The highest BCUT2D eigenvalue weighted by molar-refractivity contribution is 5.98. The standard InChI is InChI=1S/C5H8N3O/c1-8-3-2-4(6)7-5(8)9/h3H,2H2,1H3,(H2,6,7,9). The first-order valence-electron chi connectivity index (χ1n) is 2.64. The molecule has 1 heterocycles. The lowest BCUT2D eigenvalue weighted by Gasteiger charge is -2.22. The van der Waals surface area contributed by atoms with Crippen LogP contribution in [0.4, 0.5) is 4.79 Å². The third-order valence-electron chi connectivity index (χ3n) is 1.15. The Morgan fingerprint density at radius 3 is 3.00 bits per heavy atom. The maximum absolute atomic E-state index is 10.6. The molecular formula is C5H8N3O. The highest BCUT2D eigenvalue weighted by Gasteiger charge is 2.16. The molecule has 1 fully saturated rings. The Morgan fingerprint density at radius 1 is 1.89 bits per heavy atom. The van der Waals surface area contributed by atoms with E-state index in [2.05, 4.69) is 5.32 Å². The SMILES string of the molecule is CN1[CH]CC(=N)NC1=O. The molecule has 0 aliphatic carbocycles. The zero-order chi connectivity index (χ0) is 6.85. The van der Waals surface area contributed by atoms with Gasteiger partial charge >= 0.3 is 6.03 Å². The smallest absolute Gasteiger partial charge is 0.322 e. The van der Waals surface area contributed by atoms with E-state index in [-0.39, 0.29) is 11.9 Å². The van der Waals surface area contributed by atoms with Gasteiger partial charge in [0.25, 0.3) is 0 Å². The van der Waals surface area contributed by atoms with Gasteiger partial charge in [0.15, 0.2) is 0 Å². The van der Waals surface area contributed by atoms with Crippen LogP contribution in [-0.4, -0.2) is 23.8 Å². The van der Waals surface area contributed by atoms with Crippen LogP contribution in [0.25, 0.3) is 0 Å². The number of nitrogens with one attached hydrogen (secondary N) is 2. The molecule has 9 heavy (non-hydrogen) atoms. The van der Waals surface area contributed by atoms with Crippen molar-refractivity contribution in [3.05, 3.63) is 6.54 Å². The number of carbonyl (C=O) groups excluding carboxylic acids is 1. The van der Waals surface area contributed by atoms with E-state index in [0.717, 1.165) is 0 Å². The second-order valence-electron chi connectivity index (χ2n) is 1.91. The largest absolute Gasteiger partial charge is 0.322 e. The molecule has 1 saturated heterocycles. The van der Waals surface area contributed by atoms with E-state index >= 15 is 0 Å². The van der Waals surface area contributed by atoms with Crippen molar-refractivity contribution in [2.75, 3.05) is 7.05 Å². The Labute approximate surface area is 53.3 Å². The number of hydrogen-bond acceptors (Lipinski definition) is 2. The maximum Gasteiger partial charge on any atom is 0.322 e. The molecule has 49 valence electrons. The summed E-state index contributed by atoms with van der Waals surface area (Å²) < 4.78 is 0. The lowest BCUT2D eigenvalue weighted by atomic mass is 10.3. The normalized spacial score (nSPS) is 19.9. The Morgan fingerprint density at radius 2 is 2.56 bits per heavy atom. The lowest BCUT2D eigenvalue weighted by molar-refractivity contribution is 0.219. The molecule has 1 aliphatic heterocycles. The van der Waals surface area contributed by atoms with Gasteiger partial charge in [-0.15, -0.1) is 0 Å². The van der Waals surface area contributed by atoms with Crippen LogP contribution < -0.4 is 5.32 Å². The first kappa shape index (κ1) is 6.07. The van der Waals surface area contributed by atoms with E-state index in [1.165, 1.54) is 4.90 Å². The fourth-order valence-electron chi connectivity index (χ4n) is 0.579.